The lowest BCUT2D eigenvalue weighted by molar-refractivity contribution is -0.123. The van der Waals surface area contributed by atoms with E-state index in [2.05, 4.69) is 5.32 Å². The minimum atomic E-state index is -0.777. The van der Waals surface area contributed by atoms with Gasteiger partial charge in [0, 0.05) is 11.6 Å². The number of halogens is 2. The number of rotatable bonds is 5. The molecule has 0 atom stereocenters. The van der Waals surface area contributed by atoms with Gasteiger partial charge in [0.2, 0.25) is 0 Å². The average Bonchev–Trinajstić information content (AvgIpc) is 2.42. The number of imide groups is 1. The van der Waals surface area contributed by atoms with Crippen molar-refractivity contribution in [3.63, 3.8) is 0 Å². The maximum absolute atomic E-state index is 11.7. The topological polar surface area (TPSA) is 84.5 Å². The van der Waals surface area contributed by atoms with Crippen LogP contribution in [-0.4, -0.2) is 31.1 Å². The Hall–Kier alpha value is -1.79. The van der Waals surface area contributed by atoms with Crippen molar-refractivity contribution in [2.75, 3.05) is 13.2 Å². The molecular weight excluding hydrogens is 319 g/mol. The molecule has 0 aromatic heterocycles. The molecule has 0 saturated carbocycles. The summed E-state index contributed by atoms with van der Waals surface area (Å²) in [7, 11) is 0. The maximum atomic E-state index is 11.7. The molecular formula is C13H14Cl2N2O4. The van der Waals surface area contributed by atoms with Crippen LogP contribution in [0.25, 0.3) is 0 Å². The van der Waals surface area contributed by atoms with Crippen LogP contribution in [0.15, 0.2) is 18.2 Å². The van der Waals surface area contributed by atoms with Gasteiger partial charge in [0.1, 0.15) is 0 Å². The first-order valence-electron chi connectivity index (χ1n) is 6.14. The molecule has 0 aliphatic carbocycles. The summed E-state index contributed by atoms with van der Waals surface area (Å²) in [6.07, 6.45) is 0.742. The van der Waals surface area contributed by atoms with Crippen LogP contribution >= 0.6 is 23.2 Å². The van der Waals surface area contributed by atoms with Gasteiger partial charge in [-0.2, -0.15) is 0 Å². The van der Waals surface area contributed by atoms with E-state index >= 15 is 0 Å². The summed E-state index contributed by atoms with van der Waals surface area (Å²) in [5.74, 6) is -1.51. The van der Waals surface area contributed by atoms with E-state index in [1.165, 1.54) is 18.2 Å². The highest BCUT2D eigenvalue weighted by Gasteiger charge is 2.15. The third kappa shape index (κ3) is 6.01. The van der Waals surface area contributed by atoms with Crippen LogP contribution in [0.4, 0.5) is 4.79 Å². The number of hydrogen-bond acceptors (Lipinski definition) is 4. The largest absolute Gasteiger partial charge is 0.452 e. The summed E-state index contributed by atoms with van der Waals surface area (Å²) in [4.78, 5) is 34.3. The fourth-order valence-electron chi connectivity index (χ4n) is 1.31. The second kappa shape index (κ2) is 8.49. The number of carbonyl (C=O) groups is 3. The summed E-state index contributed by atoms with van der Waals surface area (Å²) >= 11 is 11.5. The maximum Gasteiger partial charge on any atom is 0.340 e. The van der Waals surface area contributed by atoms with Gasteiger partial charge in [-0.05, 0) is 24.6 Å². The van der Waals surface area contributed by atoms with E-state index in [9.17, 15) is 14.4 Å². The second-order valence-electron chi connectivity index (χ2n) is 4.00. The van der Waals surface area contributed by atoms with Crippen LogP contribution in [0.3, 0.4) is 0 Å². The number of ether oxygens (including phenoxy) is 1. The van der Waals surface area contributed by atoms with E-state index < -0.39 is 24.5 Å². The highest BCUT2D eigenvalue weighted by molar-refractivity contribution is 6.36. The van der Waals surface area contributed by atoms with Gasteiger partial charge >= 0.3 is 12.0 Å². The molecule has 0 saturated heterocycles. The molecule has 0 aliphatic heterocycles. The normalized spacial score (nSPS) is 9.86. The number of benzene rings is 1. The van der Waals surface area contributed by atoms with Gasteiger partial charge in [0.25, 0.3) is 5.91 Å². The fraction of sp³-hybridized carbons (Fsp3) is 0.308. The third-order valence-electron chi connectivity index (χ3n) is 2.27. The van der Waals surface area contributed by atoms with Gasteiger partial charge in [-0.1, -0.05) is 30.1 Å². The molecule has 3 amide bonds. The summed E-state index contributed by atoms with van der Waals surface area (Å²) < 4.78 is 4.76. The quantitative estimate of drug-likeness (QED) is 0.811. The minimum Gasteiger partial charge on any atom is -0.452 e. The van der Waals surface area contributed by atoms with Crippen molar-refractivity contribution in [3.05, 3.63) is 33.8 Å². The third-order valence-corrected chi connectivity index (χ3v) is 2.82. The standard InChI is InChI=1S/C13H14Cl2N2O4/c1-2-5-16-13(20)17-11(18)7-21-12(19)9-4-3-8(14)6-10(9)15/h3-4,6H,2,5,7H2,1H3,(H2,16,17,18,20). The lowest BCUT2D eigenvalue weighted by atomic mass is 10.2. The van der Waals surface area contributed by atoms with Crippen LogP contribution in [0.1, 0.15) is 23.7 Å². The molecule has 1 rings (SSSR count). The van der Waals surface area contributed by atoms with Gasteiger partial charge in [-0.25, -0.2) is 9.59 Å². The second-order valence-corrected chi connectivity index (χ2v) is 4.85. The first-order chi connectivity index (χ1) is 9.93. The van der Waals surface area contributed by atoms with Crippen molar-refractivity contribution in [1.82, 2.24) is 10.6 Å². The van der Waals surface area contributed by atoms with Crippen LogP contribution in [0.2, 0.25) is 10.0 Å². The molecule has 8 heteroatoms. The smallest absolute Gasteiger partial charge is 0.340 e. The van der Waals surface area contributed by atoms with Crippen molar-refractivity contribution >= 4 is 41.1 Å². The first kappa shape index (κ1) is 17.3. The first-order valence-corrected chi connectivity index (χ1v) is 6.89. The number of hydrogen-bond donors (Lipinski definition) is 2. The zero-order valence-electron chi connectivity index (χ0n) is 11.2. The van der Waals surface area contributed by atoms with Crippen molar-refractivity contribution in [2.24, 2.45) is 0 Å². The molecule has 0 bridgehead atoms. The minimum absolute atomic E-state index is 0.0873. The Morgan fingerprint density at radius 3 is 2.57 bits per heavy atom. The van der Waals surface area contributed by atoms with Crippen molar-refractivity contribution in [2.45, 2.75) is 13.3 Å². The van der Waals surface area contributed by atoms with E-state index in [1.807, 2.05) is 12.2 Å². The monoisotopic (exact) mass is 332 g/mol. The lowest BCUT2D eigenvalue weighted by Gasteiger charge is -2.07. The highest BCUT2D eigenvalue weighted by Crippen LogP contribution is 2.21. The van der Waals surface area contributed by atoms with Gasteiger partial charge < -0.3 is 10.1 Å². The number of esters is 1. The van der Waals surface area contributed by atoms with Gasteiger partial charge in [-0.3, -0.25) is 10.1 Å². The van der Waals surface area contributed by atoms with E-state index in [4.69, 9.17) is 27.9 Å². The zero-order valence-corrected chi connectivity index (χ0v) is 12.8. The van der Waals surface area contributed by atoms with Crippen LogP contribution in [0.5, 0.6) is 0 Å². The number of amides is 3. The molecule has 6 nitrogen and oxygen atoms in total. The van der Waals surface area contributed by atoms with E-state index in [0.29, 0.717) is 11.6 Å². The number of nitrogens with one attached hydrogen (secondary N) is 2. The molecule has 114 valence electrons. The Bertz CT molecular complexity index is 549. The summed E-state index contributed by atoms with van der Waals surface area (Å²) in [5.41, 5.74) is 0.0873. The van der Waals surface area contributed by atoms with Gasteiger partial charge in [0.15, 0.2) is 6.61 Å². The molecule has 1 aromatic carbocycles. The lowest BCUT2D eigenvalue weighted by Crippen LogP contribution is -2.41. The Balaban J connectivity index is 2.45. The van der Waals surface area contributed by atoms with Crippen LogP contribution in [0, 0.1) is 0 Å². The Morgan fingerprint density at radius 1 is 1.24 bits per heavy atom. The summed E-state index contributed by atoms with van der Waals surface area (Å²) in [6.45, 7) is 1.73. The van der Waals surface area contributed by atoms with Gasteiger partial charge in [0.05, 0.1) is 10.6 Å². The zero-order chi connectivity index (χ0) is 15.8. The Labute approximate surface area is 131 Å². The highest BCUT2D eigenvalue weighted by atomic mass is 35.5. The summed E-state index contributed by atoms with van der Waals surface area (Å²) in [5, 5.41) is 4.97. The predicted molar refractivity (Wildman–Crippen MR) is 78.6 cm³/mol. The molecule has 0 unspecified atom stereocenters. The number of urea groups is 1. The van der Waals surface area contributed by atoms with Crippen molar-refractivity contribution < 1.29 is 19.1 Å². The predicted octanol–water partition coefficient (Wildman–Crippen LogP) is 2.39. The molecule has 0 spiro atoms. The molecule has 0 aliphatic rings. The van der Waals surface area contributed by atoms with E-state index in [1.54, 1.807) is 0 Å². The molecule has 21 heavy (non-hydrogen) atoms. The van der Waals surface area contributed by atoms with Crippen molar-refractivity contribution in [3.8, 4) is 0 Å². The molecule has 2 N–H and O–H groups in total. The average molecular weight is 333 g/mol. The van der Waals surface area contributed by atoms with Crippen LogP contribution in [-0.2, 0) is 9.53 Å². The fourth-order valence-corrected chi connectivity index (χ4v) is 1.79. The molecule has 1 aromatic rings. The summed E-state index contributed by atoms with van der Waals surface area (Å²) in [6, 6.07) is 3.61. The molecule has 0 radical (unpaired) electrons. The SMILES string of the molecule is CCCNC(=O)NC(=O)COC(=O)c1ccc(Cl)cc1Cl. The molecule has 0 fully saturated rings. The Morgan fingerprint density at radius 2 is 1.95 bits per heavy atom. The van der Waals surface area contributed by atoms with E-state index in [0.717, 1.165) is 6.42 Å². The van der Waals surface area contributed by atoms with Crippen molar-refractivity contribution in [1.29, 1.82) is 0 Å². The molecule has 0 heterocycles. The van der Waals surface area contributed by atoms with Gasteiger partial charge in [-0.15, -0.1) is 0 Å². The number of carbonyl (C=O) groups excluding carboxylic acids is 3. The van der Waals surface area contributed by atoms with E-state index in [-0.39, 0.29) is 10.6 Å². The Kier molecular flexibility index (Phi) is 6.98. The van der Waals surface area contributed by atoms with Crippen LogP contribution < -0.4 is 10.6 Å².